The first-order valence-corrected chi connectivity index (χ1v) is 45.0. The minimum Gasteiger partial charge on any atom is -0.462 e. The topological polar surface area (TPSA) is 237 Å². The number of carbonyl (C=O) groups is 4. The molecule has 17 nitrogen and oxygen atoms in total. The van der Waals surface area contributed by atoms with Gasteiger partial charge in [-0.3, -0.25) is 37.3 Å². The van der Waals surface area contributed by atoms with Crippen LogP contribution in [0.1, 0.15) is 427 Å². The van der Waals surface area contributed by atoms with Gasteiger partial charge < -0.3 is 33.8 Å². The normalized spacial score (nSPS) is 13.9. The third-order valence-electron chi connectivity index (χ3n) is 19.0. The lowest BCUT2D eigenvalue weighted by molar-refractivity contribution is -0.161. The number of aliphatic hydroxyl groups excluding tert-OH is 1. The lowest BCUT2D eigenvalue weighted by Crippen LogP contribution is -2.30. The Morgan fingerprint density at radius 3 is 0.680 bits per heavy atom. The molecule has 3 N–H and O–H groups in total. The minimum absolute atomic E-state index is 0.106. The Labute approximate surface area is 613 Å². The van der Waals surface area contributed by atoms with Crippen molar-refractivity contribution in [3.05, 3.63) is 0 Å². The van der Waals surface area contributed by atoms with Gasteiger partial charge in [0.2, 0.25) is 0 Å². The van der Waals surface area contributed by atoms with E-state index in [-0.39, 0.29) is 25.7 Å². The smallest absolute Gasteiger partial charge is 0.462 e. The van der Waals surface area contributed by atoms with Crippen LogP contribution in [0.3, 0.4) is 0 Å². The molecule has 5 atom stereocenters. The van der Waals surface area contributed by atoms with Crippen LogP contribution in [0.2, 0.25) is 0 Å². The van der Waals surface area contributed by atoms with E-state index in [2.05, 4.69) is 41.5 Å². The van der Waals surface area contributed by atoms with Gasteiger partial charge >= 0.3 is 39.5 Å². The van der Waals surface area contributed by atoms with Crippen LogP contribution in [0.15, 0.2) is 0 Å². The Morgan fingerprint density at radius 1 is 0.270 bits per heavy atom. The highest BCUT2D eigenvalue weighted by Gasteiger charge is 2.30. The second-order valence-corrected chi connectivity index (χ2v) is 33.0. The molecule has 0 aromatic heterocycles. The summed E-state index contributed by atoms with van der Waals surface area (Å²) in [6.07, 6.45) is 62.5. The van der Waals surface area contributed by atoms with Gasteiger partial charge in [0.25, 0.3) is 0 Å². The summed E-state index contributed by atoms with van der Waals surface area (Å²) < 4.78 is 68.7. The van der Waals surface area contributed by atoms with Crippen LogP contribution in [0.25, 0.3) is 0 Å². The molecule has 0 rings (SSSR count). The summed E-state index contributed by atoms with van der Waals surface area (Å²) in [4.78, 5) is 72.9. The molecular weight excluding hydrogens is 1310 g/mol. The summed E-state index contributed by atoms with van der Waals surface area (Å²) in [7, 11) is -9.92. The van der Waals surface area contributed by atoms with Crippen LogP contribution in [0, 0.1) is 11.8 Å². The van der Waals surface area contributed by atoms with Crippen molar-refractivity contribution in [1.82, 2.24) is 0 Å². The standard InChI is InChI=1S/C81H158O17P2/c1-7-9-11-13-15-17-18-19-20-21-22-23-24-25-26-31-34-41-47-53-59-65-80(85)97-77(70-92-79(84)64-58-52-46-40-33-30-28-27-29-32-38-43-49-55-61-73(3)4)72-96-100(89,90)94-68-75(82)67-93-99(87,88)95-71-76(69-91-78(83)63-57-51-45-37-16-14-12-10-8-2)98-81(86)66-60-54-48-42-36-35-39-44-50-56-62-74(5)6/h73-77,82H,7-72H2,1-6H3,(H,87,88)(H,89,90)/t75-,76+,77+/m0/s1. The van der Waals surface area contributed by atoms with E-state index in [0.29, 0.717) is 25.7 Å². The second kappa shape index (κ2) is 72.6. The molecule has 100 heavy (non-hydrogen) atoms. The van der Waals surface area contributed by atoms with E-state index in [1.807, 2.05) is 0 Å². The summed E-state index contributed by atoms with van der Waals surface area (Å²) >= 11 is 0. The number of phosphoric acid groups is 2. The molecule has 0 radical (unpaired) electrons. The highest BCUT2D eigenvalue weighted by Crippen LogP contribution is 2.45. The zero-order valence-corrected chi connectivity index (χ0v) is 67.3. The number of carbonyl (C=O) groups excluding carboxylic acids is 4. The maximum atomic E-state index is 13.1. The van der Waals surface area contributed by atoms with E-state index in [1.165, 1.54) is 244 Å². The van der Waals surface area contributed by atoms with E-state index < -0.39 is 97.5 Å². The Kier molecular flexibility index (Phi) is 71.2. The van der Waals surface area contributed by atoms with Gasteiger partial charge in [-0.05, 0) is 37.5 Å². The third kappa shape index (κ3) is 74.3. The number of ether oxygens (including phenoxy) is 4. The number of aliphatic hydroxyl groups is 1. The molecular formula is C81H158O17P2. The number of unbranched alkanes of at least 4 members (excludes halogenated alkanes) is 50. The molecule has 0 bridgehead atoms. The van der Waals surface area contributed by atoms with Crippen molar-refractivity contribution in [3.63, 3.8) is 0 Å². The van der Waals surface area contributed by atoms with Crippen molar-refractivity contribution in [2.45, 2.75) is 445 Å². The van der Waals surface area contributed by atoms with Crippen molar-refractivity contribution < 1.29 is 80.2 Å². The van der Waals surface area contributed by atoms with Crippen LogP contribution in [-0.4, -0.2) is 96.7 Å². The molecule has 0 aliphatic heterocycles. The van der Waals surface area contributed by atoms with Gasteiger partial charge in [-0.15, -0.1) is 0 Å². The summed E-state index contributed by atoms with van der Waals surface area (Å²) in [6, 6.07) is 0. The molecule has 0 saturated heterocycles. The van der Waals surface area contributed by atoms with E-state index in [1.54, 1.807) is 0 Å². The molecule has 0 aromatic rings. The number of esters is 4. The average molecular weight is 1470 g/mol. The number of hydrogen-bond donors (Lipinski definition) is 3. The van der Waals surface area contributed by atoms with Gasteiger partial charge in [0, 0.05) is 25.7 Å². The molecule has 0 spiro atoms. The molecule has 19 heteroatoms. The number of rotatable bonds is 80. The molecule has 594 valence electrons. The summed E-state index contributed by atoms with van der Waals surface area (Å²) in [5.41, 5.74) is 0. The van der Waals surface area contributed by atoms with Crippen LogP contribution in [-0.2, 0) is 65.4 Å². The Hall–Kier alpha value is -1.94. The van der Waals surface area contributed by atoms with Crippen LogP contribution < -0.4 is 0 Å². The van der Waals surface area contributed by atoms with Crippen molar-refractivity contribution in [2.24, 2.45) is 11.8 Å². The summed E-state index contributed by atoms with van der Waals surface area (Å²) in [6.45, 7) is 9.63. The fraction of sp³-hybridized carbons (Fsp3) is 0.951. The molecule has 2 unspecified atom stereocenters. The first-order valence-electron chi connectivity index (χ1n) is 42.0. The van der Waals surface area contributed by atoms with Gasteiger partial charge in [-0.1, -0.05) is 375 Å². The maximum Gasteiger partial charge on any atom is 0.472 e. The molecule has 0 aliphatic rings. The van der Waals surface area contributed by atoms with Gasteiger partial charge in [-0.2, -0.15) is 0 Å². The van der Waals surface area contributed by atoms with E-state index in [4.69, 9.17) is 37.0 Å². The van der Waals surface area contributed by atoms with Crippen LogP contribution in [0.4, 0.5) is 0 Å². The van der Waals surface area contributed by atoms with Crippen LogP contribution >= 0.6 is 15.6 Å². The predicted octanol–water partition coefficient (Wildman–Crippen LogP) is 24.3. The van der Waals surface area contributed by atoms with E-state index >= 15 is 0 Å². The number of hydrogen-bond acceptors (Lipinski definition) is 15. The molecule has 0 fully saturated rings. The largest absolute Gasteiger partial charge is 0.472 e. The fourth-order valence-corrected chi connectivity index (χ4v) is 14.1. The van der Waals surface area contributed by atoms with Crippen molar-refractivity contribution in [3.8, 4) is 0 Å². The van der Waals surface area contributed by atoms with Gasteiger partial charge in [0.05, 0.1) is 26.4 Å². The lowest BCUT2D eigenvalue weighted by atomic mass is 10.0. The molecule has 0 aliphatic carbocycles. The lowest BCUT2D eigenvalue weighted by Gasteiger charge is -2.21. The van der Waals surface area contributed by atoms with Gasteiger partial charge in [0.15, 0.2) is 12.2 Å². The maximum absolute atomic E-state index is 13.1. The van der Waals surface area contributed by atoms with E-state index in [9.17, 15) is 43.2 Å². The van der Waals surface area contributed by atoms with Crippen LogP contribution in [0.5, 0.6) is 0 Å². The fourth-order valence-electron chi connectivity index (χ4n) is 12.5. The molecule has 0 saturated carbocycles. The molecule has 0 heterocycles. The first-order chi connectivity index (χ1) is 48.4. The van der Waals surface area contributed by atoms with Crippen molar-refractivity contribution >= 4 is 39.5 Å². The Bertz CT molecular complexity index is 1920. The zero-order chi connectivity index (χ0) is 73.5. The molecule has 0 amide bonds. The molecule has 0 aromatic carbocycles. The quantitative estimate of drug-likeness (QED) is 0.0222. The van der Waals surface area contributed by atoms with Gasteiger partial charge in [-0.25, -0.2) is 9.13 Å². The minimum atomic E-state index is -4.96. The third-order valence-corrected chi connectivity index (χ3v) is 20.9. The summed E-state index contributed by atoms with van der Waals surface area (Å²) in [5.74, 6) is -0.559. The SMILES string of the molecule is CCCCCCCCCCCCCCCCCCCCCCCC(=O)O[C@H](COC(=O)CCCCCCCCCCCCCCCCC(C)C)COP(=O)(O)OC[C@@H](O)COP(=O)(O)OC[C@@H](COC(=O)CCCCCCCCCCC)OC(=O)CCCCCCCCCCCCC(C)C. The second-order valence-electron chi connectivity index (χ2n) is 30.1. The highest BCUT2D eigenvalue weighted by molar-refractivity contribution is 7.47. The number of phosphoric ester groups is 2. The highest BCUT2D eigenvalue weighted by atomic mass is 31.2. The Balaban J connectivity index is 5.20. The van der Waals surface area contributed by atoms with Crippen molar-refractivity contribution in [2.75, 3.05) is 39.6 Å². The zero-order valence-electron chi connectivity index (χ0n) is 65.5. The van der Waals surface area contributed by atoms with Gasteiger partial charge in [0.1, 0.15) is 19.3 Å². The van der Waals surface area contributed by atoms with Crippen molar-refractivity contribution in [1.29, 1.82) is 0 Å². The Morgan fingerprint density at radius 2 is 0.460 bits per heavy atom. The first kappa shape index (κ1) is 98.1. The van der Waals surface area contributed by atoms with E-state index in [0.717, 1.165) is 102 Å². The summed E-state index contributed by atoms with van der Waals surface area (Å²) in [5, 5.41) is 10.6. The monoisotopic (exact) mass is 1470 g/mol. The average Bonchev–Trinajstić information content (AvgIpc) is 0.987. The predicted molar refractivity (Wildman–Crippen MR) is 409 cm³/mol.